The molecule has 3 N–H and O–H groups in total. The van der Waals surface area contributed by atoms with E-state index in [1.165, 1.54) is 0 Å². The molecule has 0 aliphatic carbocycles. The van der Waals surface area contributed by atoms with E-state index in [-0.39, 0.29) is 19.4 Å². The van der Waals surface area contributed by atoms with E-state index in [9.17, 15) is 24.2 Å². The third kappa shape index (κ3) is 35.3. The average Bonchev–Trinajstić information content (AvgIpc) is 3.12. The number of ether oxygens (including phenoxy) is 2. The van der Waals surface area contributed by atoms with Gasteiger partial charge in [-0.15, -0.1) is 0 Å². The Morgan fingerprint density at radius 3 is 1.61 bits per heavy atom. The Labute approximate surface area is 307 Å². The molecule has 10 nitrogen and oxygen atoms in total. The number of aliphatic hydroxyl groups excluding tert-OH is 2. The van der Waals surface area contributed by atoms with E-state index in [1.807, 2.05) is 18.2 Å². The second-order valence-electron chi connectivity index (χ2n) is 11.8. The molecule has 0 amide bonds. The van der Waals surface area contributed by atoms with E-state index in [1.54, 1.807) is 0 Å². The SMILES string of the molecule is CC/C=C\C/C=C\C/C=C\C/C=C\CCC(=O)OC(COC(=O)CCCCCCC/C=C\C/C=C\C/C=C\CC)COP(=O)(O)OCC(O)CO. The minimum atomic E-state index is -4.64. The number of unbranched alkanes of at least 4 members (excludes halogenated alkanes) is 5. The van der Waals surface area contributed by atoms with Gasteiger partial charge in [-0.05, 0) is 70.6 Å². The fourth-order valence-electron chi connectivity index (χ4n) is 4.25. The van der Waals surface area contributed by atoms with Crippen LogP contribution in [0.25, 0.3) is 0 Å². The zero-order chi connectivity index (χ0) is 37.7. The first-order chi connectivity index (χ1) is 24.7. The van der Waals surface area contributed by atoms with Gasteiger partial charge in [-0.3, -0.25) is 18.6 Å². The zero-order valence-electron chi connectivity index (χ0n) is 31.0. The topological polar surface area (TPSA) is 149 Å². The maximum absolute atomic E-state index is 12.5. The van der Waals surface area contributed by atoms with Crippen LogP contribution in [0.2, 0.25) is 0 Å². The molecule has 0 rings (SSSR count). The number of phosphoric acid groups is 1. The third-order valence-corrected chi connectivity index (χ3v) is 8.01. The number of phosphoric ester groups is 1. The third-order valence-electron chi connectivity index (χ3n) is 7.06. The van der Waals surface area contributed by atoms with Crippen LogP contribution >= 0.6 is 7.82 Å². The highest BCUT2D eigenvalue weighted by Gasteiger charge is 2.27. The number of allylic oxidation sites excluding steroid dienone is 14. The van der Waals surface area contributed by atoms with Crippen molar-refractivity contribution in [1.82, 2.24) is 0 Å². The van der Waals surface area contributed by atoms with E-state index in [0.717, 1.165) is 77.0 Å². The van der Waals surface area contributed by atoms with Gasteiger partial charge in [0.1, 0.15) is 12.7 Å². The van der Waals surface area contributed by atoms with Crippen LogP contribution in [0.5, 0.6) is 0 Å². The van der Waals surface area contributed by atoms with Crippen molar-refractivity contribution in [2.45, 2.75) is 129 Å². The average molecular weight is 737 g/mol. The molecule has 0 aliphatic heterocycles. The van der Waals surface area contributed by atoms with Gasteiger partial charge in [0.25, 0.3) is 0 Å². The molecule has 0 saturated heterocycles. The lowest BCUT2D eigenvalue weighted by Gasteiger charge is -2.20. The van der Waals surface area contributed by atoms with Gasteiger partial charge in [0.05, 0.1) is 19.8 Å². The molecule has 0 aromatic rings. The number of carbonyl (C=O) groups is 2. The van der Waals surface area contributed by atoms with Crippen molar-refractivity contribution in [3.8, 4) is 0 Å². The van der Waals surface area contributed by atoms with E-state index < -0.39 is 51.8 Å². The minimum Gasteiger partial charge on any atom is -0.462 e. The molecule has 11 heteroatoms. The van der Waals surface area contributed by atoms with Crippen LogP contribution in [-0.2, 0) is 32.7 Å². The molecular weight excluding hydrogens is 671 g/mol. The molecule has 0 heterocycles. The lowest BCUT2D eigenvalue weighted by molar-refractivity contribution is -0.161. The maximum Gasteiger partial charge on any atom is 0.472 e. The summed E-state index contributed by atoms with van der Waals surface area (Å²) < 4.78 is 32.4. The fraction of sp³-hybridized carbons (Fsp3) is 0.600. The van der Waals surface area contributed by atoms with E-state index >= 15 is 0 Å². The van der Waals surface area contributed by atoms with Gasteiger partial charge in [-0.25, -0.2) is 4.57 Å². The summed E-state index contributed by atoms with van der Waals surface area (Å²) in [5.41, 5.74) is 0. The first kappa shape index (κ1) is 48.1. The summed E-state index contributed by atoms with van der Waals surface area (Å²) in [7, 11) is -4.64. The fourth-order valence-corrected chi connectivity index (χ4v) is 5.04. The van der Waals surface area contributed by atoms with Gasteiger partial charge in [0, 0.05) is 12.8 Å². The van der Waals surface area contributed by atoms with Gasteiger partial charge >= 0.3 is 19.8 Å². The van der Waals surface area contributed by atoms with Gasteiger partial charge in [0.2, 0.25) is 0 Å². The Morgan fingerprint density at radius 2 is 1.06 bits per heavy atom. The van der Waals surface area contributed by atoms with Gasteiger partial charge in [0.15, 0.2) is 6.10 Å². The predicted molar refractivity (Wildman–Crippen MR) is 205 cm³/mol. The van der Waals surface area contributed by atoms with Crippen molar-refractivity contribution < 1.29 is 47.8 Å². The predicted octanol–water partition coefficient (Wildman–Crippen LogP) is 9.10. The number of hydrogen-bond donors (Lipinski definition) is 3. The van der Waals surface area contributed by atoms with Gasteiger partial charge < -0.3 is 24.6 Å². The highest BCUT2D eigenvalue weighted by molar-refractivity contribution is 7.47. The van der Waals surface area contributed by atoms with Crippen molar-refractivity contribution in [1.29, 1.82) is 0 Å². The van der Waals surface area contributed by atoms with Crippen LogP contribution in [0.4, 0.5) is 0 Å². The number of hydrogen-bond acceptors (Lipinski definition) is 9. The molecule has 0 aromatic carbocycles. The largest absolute Gasteiger partial charge is 0.472 e. The Kier molecular flexibility index (Phi) is 33.6. The van der Waals surface area contributed by atoms with Crippen LogP contribution in [0.1, 0.15) is 117 Å². The van der Waals surface area contributed by atoms with Crippen molar-refractivity contribution in [3.63, 3.8) is 0 Å². The summed E-state index contributed by atoms with van der Waals surface area (Å²) in [6.45, 7) is 2.00. The summed E-state index contributed by atoms with van der Waals surface area (Å²) in [5.74, 6) is -1.05. The highest BCUT2D eigenvalue weighted by atomic mass is 31.2. The van der Waals surface area contributed by atoms with Crippen molar-refractivity contribution in [2.75, 3.05) is 26.4 Å². The number of aliphatic hydroxyl groups is 2. The van der Waals surface area contributed by atoms with E-state index in [0.29, 0.717) is 12.8 Å². The Bertz CT molecular complexity index is 1120. The van der Waals surface area contributed by atoms with Crippen molar-refractivity contribution >= 4 is 19.8 Å². The summed E-state index contributed by atoms with van der Waals surface area (Å²) >= 11 is 0. The second-order valence-corrected chi connectivity index (χ2v) is 13.3. The molecule has 0 aromatic heterocycles. The molecule has 3 unspecified atom stereocenters. The van der Waals surface area contributed by atoms with Crippen LogP contribution in [0.15, 0.2) is 85.1 Å². The normalized spacial score (nSPS) is 15.0. The van der Waals surface area contributed by atoms with Crippen LogP contribution in [0, 0.1) is 0 Å². The Morgan fingerprint density at radius 1 is 0.588 bits per heavy atom. The molecule has 51 heavy (non-hydrogen) atoms. The van der Waals surface area contributed by atoms with Gasteiger partial charge in [-0.2, -0.15) is 0 Å². The molecule has 290 valence electrons. The monoisotopic (exact) mass is 736 g/mol. The quantitative estimate of drug-likeness (QED) is 0.0258. The zero-order valence-corrected chi connectivity index (χ0v) is 31.9. The molecular formula is C40H65O10P. The van der Waals surface area contributed by atoms with Crippen LogP contribution in [-0.4, -0.2) is 65.7 Å². The smallest absolute Gasteiger partial charge is 0.462 e. The molecule has 0 bridgehead atoms. The summed E-state index contributed by atoms with van der Waals surface area (Å²) in [6.07, 6.45) is 40.0. The van der Waals surface area contributed by atoms with Crippen LogP contribution < -0.4 is 0 Å². The summed E-state index contributed by atoms with van der Waals surface area (Å²) in [4.78, 5) is 34.8. The highest BCUT2D eigenvalue weighted by Crippen LogP contribution is 2.43. The molecule has 0 spiro atoms. The lowest BCUT2D eigenvalue weighted by atomic mass is 10.1. The molecule has 0 saturated carbocycles. The summed E-state index contributed by atoms with van der Waals surface area (Å²) in [6, 6.07) is 0. The maximum atomic E-state index is 12.5. The van der Waals surface area contributed by atoms with E-state index in [4.69, 9.17) is 19.1 Å². The first-order valence-corrected chi connectivity index (χ1v) is 20.0. The lowest BCUT2D eigenvalue weighted by Crippen LogP contribution is -2.29. The Balaban J connectivity index is 4.53. The molecule has 3 atom stereocenters. The minimum absolute atomic E-state index is 0.0540. The number of rotatable bonds is 33. The summed E-state index contributed by atoms with van der Waals surface area (Å²) in [5, 5.41) is 18.3. The molecule has 0 aliphatic rings. The molecule has 0 fully saturated rings. The number of carbonyl (C=O) groups excluding carboxylic acids is 2. The second kappa shape index (κ2) is 35.5. The Hall–Kier alpha value is -2.85. The number of esters is 2. The van der Waals surface area contributed by atoms with Crippen molar-refractivity contribution in [3.05, 3.63) is 85.1 Å². The van der Waals surface area contributed by atoms with Gasteiger partial charge in [-0.1, -0.05) is 118 Å². The molecule has 0 radical (unpaired) electrons. The van der Waals surface area contributed by atoms with E-state index in [2.05, 4.69) is 85.2 Å². The van der Waals surface area contributed by atoms with Crippen LogP contribution in [0.3, 0.4) is 0 Å². The van der Waals surface area contributed by atoms with Crippen molar-refractivity contribution in [2.24, 2.45) is 0 Å². The first-order valence-electron chi connectivity index (χ1n) is 18.5. The standard InChI is InChI=1S/C40H65O10P/c1-3-5-7-9-11-13-15-17-18-20-21-23-25-27-29-31-39(43)47-35-38(36-49-51(45,46)48-34-37(42)33-41)50-40(44)32-30-28-26-24-22-19-16-14-12-10-8-6-4-2/h5-8,11-14,17-19,22,26,28,37-38,41-42H,3-4,9-10,15-16,20-21,23-25,27,29-36H2,1-2H3,(H,45,46)/b7-5-,8-6-,13-11-,14-12-,18-17-,22-19-,28-26-.